The lowest BCUT2D eigenvalue weighted by molar-refractivity contribution is -0.115. The van der Waals surface area contributed by atoms with Gasteiger partial charge in [-0.2, -0.15) is 0 Å². The second-order valence-electron chi connectivity index (χ2n) is 5.19. The zero-order chi connectivity index (χ0) is 17.1. The summed E-state index contributed by atoms with van der Waals surface area (Å²) in [5.41, 5.74) is 2.59. The molecule has 2 aromatic carbocycles. The summed E-state index contributed by atoms with van der Waals surface area (Å²) in [4.78, 5) is 17.1. The highest BCUT2D eigenvalue weighted by atomic mass is 35.5. The molecule has 1 aliphatic heterocycles. The highest BCUT2D eigenvalue weighted by molar-refractivity contribution is 8.18. The molecule has 1 saturated heterocycles. The molecule has 122 valence electrons. The molecule has 0 spiro atoms. The Morgan fingerprint density at radius 3 is 2.83 bits per heavy atom. The first-order valence-corrected chi connectivity index (χ1v) is 8.44. The highest BCUT2D eigenvalue weighted by Crippen LogP contribution is 2.30. The van der Waals surface area contributed by atoms with Crippen molar-refractivity contribution in [3.8, 4) is 5.75 Å². The Labute approximate surface area is 149 Å². The summed E-state index contributed by atoms with van der Waals surface area (Å²) in [7, 11) is 1.61. The number of aryl methyl sites for hydroxylation is 1. The van der Waals surface area contributed by atoms with E-state index in [-0.39, 0.29) is 5.91 Å². The number of amidine groups is 1. The third-order valence-corrected chi connectivity index (χ3v) is 4.75. The smallest absolute Gasteiger partial charge is 0.264 e. The van der Waals surface area contributed by atoms with Crippen molar-refractivity contribution in [3.63, 3.8) is 0 Å². The Kier molecular flexibility index (Phi) is 4.92. The topological polar surface area (TPSA) is 50.7 Å². The lowest BCUT2D eigenvalue weighted by Gasteiger charge is -2.00. The van der Waals surface area contributed by atoms with Gasteiger partial charge in [-0.3, -0.25) is 4.79 Å². The third kappa shape index (κ3) is 3.80. The van der Waals surface area contributed by atoms with Crippen LogP contribution >= 0.6 is 23.4 Å². The van der Waals surface area contributed by atoms with Crippen LogP contribution < -0.4 is 10.1 Å². The molecular formula is C18H15ClN2O2S. The molecule has 0 bridgehead atoms. The van der Waals surface area contributed by atoms with Crippen molar-refractivity contribution < 1.29 is 9.53 Å². The van der Waals surface area contributed by atoms with Crippen LogP contribution in [0.15, 0.2) is 52.4 Å². The highest BCUT2D eigenvalue weighted by Gasteiger charge is 2.23. The number of halogens is 1. The molecule has 24 heavy (non-hydrogen) atoms. The van der Waals surface area contributed by atoms with Crippen LogP contribution in [0, 0.1) is 6.92 Å². The number of nitrogens with one attached hydrogen (secondary N) is 1. The van der Waals surface area contributed by atoms with Gasteiger partial charge in [-0.15, -0.1) is 0 Å². The number of aliphatic imine (C=N–C) groups is 1. The number of carbonyl (C=O) groups is 1. The van der Waals surface area contributed by atoms with E-state index < -0.39 is 0 Å². The molecule has 1 aliphatic rings. The largest absolute Gasteiger partial charge is 0.497 e. The number of hydrogen-bond donors (Lipinski definition) is 1. The maximum atomic E-state index is 12.1. The first kappa shape index (κ1) is 16.6. The first-order chi connectivity index (χ1) is 11.5. The number of hydrogen-bond acceptors (Lipinski definition) is 4. The van der Waals surface area contributed by atoms with E-state index in [0.29, 0.717) is 20.8 Å². The number of rotatable bonds is 3. The van der Waals surface area contributed by atoms with E-state index >= 15 is 0 Å². The van der Waals surface area contributed by atoms with Crippen molar-refractivity contribution in [1.82, 2.24) is 5.32 Å². The average molecular weight is 359 g/mol. The van der Waals surface area contributed by atoms with Crippen LogP contribution in [0.4, 0.5) is 5.69 Å². The van der Waals surface area contributed by atoms with Crippen LogP contribution in [-0.2, 0) is 4.79 Å². The molecule has 0 unspecified atom stereocenters. The summed E-state index contributed by atoms with van der Waals surface area (Å²) in [5, 5.41) is 3.95. The average Bonchev–Trinajstić information content (AvgIpc) is 2.90. The Morgan fingerprint density at radius 2 is 2.08 bits per heavy atom. The minimum atomic E-state index is -0.167. The zero-order valence-electron chi connectivity index (χ0n) is 13.2. The quantitative estimate of drug-likeness (QED) is 0.819. The van der Waals surface area contributed by atoms with Crippen LogP contribution in [0.5, 0.6) is 5.75 Å². The standard InChI is InChI=1S/C18H15ClN2O2S/c1-11-6-7-13(10-15(11)19)20-18-21-17(22)16(24-18)9-12-4-3-5-14(8-12)23-2/h3-10H,1-2H3,(H,20,21,22)/b16-9-. The Bertz CT molecular complexity index is 862. The number of benzene rings is 2. The number of ether oxygens (including phenoxy) is 1. The van der Waals surface area contributed by atoms with Gasteiger partial charge in [-0.25, -0.2) is 4.99 Å². The van der Waals surface area contributed by atoms with Gasteiger partial charge in [0.05, 0.1) is 17.7 Å². The van der Waals surface area contributed by atoms with Gasteiger partial charge in [0.1, 0.15) is 5.75 Å². The minimum absolute atomic E-state index is 0.167. The lowest BCUT2D eigenvalue weighted by Crippen LogP contribution is -2.19. The normalized spacial score (nSPS) is 17.4. The van der Waals surface area contributed by atoms with Crippen molar-refractivity contribution in [1.29, 1.82) is 0 Å². The molecule has 1 N–H and O–H groups in total. The summed E-state index contributed by atoms with van der Waals surface area (Å²) in [6.45, 7) is 1.93. The van der Waals surface area contributed by atoms with E-state index in [1.807, 2.05) is 49.4 Å². The van der Waals surface area contributed by atoms with E-state index in [4.69, 9.17) is 16.3 Å². The molecule has 3 rings (SSSR count). The van der Waals surface area contributed by atoms with Crippen LogP contribution in [0.25, 0.3) is 6.08 Å². The Hall–Kier alpha value is -2.24. The molecule has 0 saturated carbocycles. The Balaban J connectivity index is 1.83. The van der Waals surface area contributed by atoms with Crippen LogP contribution in [-0.4, -0.2) is 18.2 Å². The van der Waals surface area contributed by atoms with E-state index in [2.05, 4.69) is 10.3 Å². The maximum absolute atomic E-state index is 12.1. The van der Waals surface area contributed by atoms with Crippen molar-refractivity contribution in [2.45, 2.75) is 6.92 Å². The summed E-state index contributed by atoms with van der Waals surface area (Å²) in [6.07, 6.45) is 1.81. The fraction of sp³-hybridized carbons (Fsp3) is 0.111. The number of amides is 1. The number of carbonyl (C=O) groups excluding carboxylic acids is 1. The van der Waals surface area contributed by atoms with Gasteiger partial charge in [-0.05, 0) is 60.2 Å². The van der Waals surface area contributed by atoms with E-state index in [0.717, 1.165) is 16.9 Å². The lowest BCUT2D eigenvalue weighted by atomic mass is 10.2. The molecule has 1 heterocycles. The fourth-order valence-corrected chi connectivity index (χ4v) is 3.15. The van der Waals surface area contributed by atoms with Gasteiger partial charge in [0.15, 0.2) is 5.17 Å². The zero-order valence-corrected chi connectivity index (χ0v) is 14.7. The summed E-state index contributed by atoms with van der Waals surface area (Å²) >= 11 is 7.40. The maximum Gasteiger partial charge on any atom is 0.264 e. The molecule has 0 atom stereocenters. The predicted octanol–water partition coefficient (Wildman–Crippen LogP) is 4.55. The second kappa shape index (κ2) is 7.11. The summed E-state index contributed by atoms with van der Waals surface area (Å²) in [5.74, 6) is 0.579. The van der Waals surface area contributed by atoms with Crippen molar-refractivity contribution >= 4 is 46.2 Å². The molecule has 2 aromatic rings. The molecule has 6 heteroatoms. The van der Waals surface area contributed by atoms with E-state index in [1.54, 1.807) is 13.2 Å². The number of methoxy groups -OCH3 is 1. The summed E-state index contributed by atoms with van der Waals surface area (Å²) < 4.78 is 5.19. The van der Waals surface area contributed by atoms with Crippen molar-refractivity contribution in [2.24, 2.45) is 4.99 Å². The molecular weight excluding hydrogens is 344 g/mol. The molecule has 1 fully saturated rings. The predicted molar refractivity (Wildman–Crippen MR) is 100.0 cm³/mol. The minimum Gasteiger partial charge on any atom is -0.497 e. The Morgan fingerprint density at radius 1 is 1.25 bits per heavy atom. The van der Waals surface area contributed by atoms with Crippen molar-refractivity contribution in [2.75, 3.05) is 7.11 Å². The van der Waals surface area contributed by atoms with Gasteiger partial charge in [0, 0.05) is 5.02 Å². The van der Waals surface area contributed by atoms with Crippen LogP contribution in [0.3, 0.4) is 0 Å². The molecule has 0 radical (unpaired) electrons. The van der Waals surface area contributed by atoms with E-state index in [1.165, 1.54) is 11.8 Å². The number of thioether (sulfide) groups is 1. The first-order valence-electron chi connectivity index (χ1n) is 7.25. The molecule has 0 aliphatic carbocycles. The van der Waals surface area contributed by atoms with Crippen molar-refractivity contribution in [3.05, 3.63) is 63.5 Å². The summed E-state index contributed by atoms with van der Waals surface area (Å²) in [6, 6.07) is 13.1. The van der Waals surface area contributed by atoms with Gasteiger partial charge >= 0.3 is 0 Å². The molecule has 1 amide bonds. The van der Waals surface area contributed by atoms with Gasteiger partial charge in [0.2, 0.25) is 0 Å². The van der Waals surface area contributed by atoms with Gasteiger partial charge < -0.3 is 10.1 Å². The fourth-order valence-electron chi connectivity index (χ4n) is 2.13. The molecule has 4 nitrogen and oxygen atoms in total. The SMILES string of the molecule is COc1cccc(/C=C2\SC(=Nc3ccc(C)c(Cl)c3)NC2=O)c1. The van der Waals surface area contributed by atoms with Gasteiger partial charge in [-0.1, -0.05) is 29.8 Å². The monoisotopic (exact) mass is 358 g/mol. The van der Waals surface area contributed by atoms with Crippen LogP contribution in [0.2, 0.25) is 5.02 Å². The van der Waals surface area contributed by atoms with Crippen LogP contribution in [0.1, 0.15) is 11.1 Å². The third-order valence-electron chi connectivity index (χ3n) is 3.43. The molecule has 0 aromatic heterocycles. The van der Waals surface area contributed by atoms with E-state index in [9.17, 15) is 4.79 Å². The number of nitrogens with zero attached hydrogens (tertiary/aromatic N) is 1. The van der Waals surface area contributed by atoms with Gasteiger partial charge in [0.25, 0.3) is 5.91 Å². The second-order valence-corrected chi connectivity index (χ2v) is 6.63.